The smallest absolute Gasteiger partial charge is 0.309 e. The SMILES string of the molecule is Cc1c(O)c(O)cc2c1C(c1c[nH]c3ccc(Cl)cc13)C=C1[C@@]2(C)CC[C@@]2(C)[C@@H]3C[C@](C)(C(=O)O)CC[C@]3(C)CC[C@]12C. The number of allylic oxidation sites excluding steroid dienone is 2. The van der Waals surface area contributed by atoms with Crippen molar-refractivity contribution in [3.05, 3.63) is 69.4 Å². The molecule has 3 aromatic rings. The van der Waals surface area contributed by atoms with Crippen molar-refractivity contribution in [2.75, 3.05) is 0 Å². The molecule has 0 amide bonds. The lowest BCUT2D eigenvalue weighted by Crippen LogP contribution is -2.62. The van der Waals surface area contributed by atoms with Gasteiger partial charge < -0.3 is 20.3 Å². The number of aromatic amines is 1. The molecule has 0 radical (unpaired) electrons. The molecule has 7 atom stereocenters. The first kappa shape index (κ1) is 28.8. The van der Waals surface area contributed by atoms with Gasteiger partial charge in [-0.25, -0.2) is 0 Å². The summed E-state index contributed by atoms with van der Waals surface area (Å²) in [6.45, 7) is 13.5. The minimum atomic E-state index is -0.702. The molecule has 2 aromatic carbocycles. The number of rotatable bonds is 2. The molecule has 3 saturated carbocycles. The van der Waals surface area contributed by atoms with Gasteiger partial charge in [-0.15, -0.1) is 0 Å². The van der Waals surface area contributed by atoms with E-state index in [0.717, 1.165) is 66.1 Å². The van der Waals surface area contributed by atoms with Crippen LogP contribution in [-0.4, -0.2) is 26.3 Å². The fourth-order valence-corrected chi connectivity index (χ4v) is 10.7. The first-order valence-electron chi connectivity index (χ1n) is 15.9. The summed E-state index contributed by atoms with van der Waals surface area (Å²) in [6.07, 6.45) is 11.0. The fraction of sp³-hybridized carbons (Fsp3) is 0.541. The zero-order chi connectivity index (χ0) is 30.9. The van der Waals surface area contributed by atoms with Gasteiger partial charge in [0.2, 0.25) is 0 Å². The van der Waals surface area contributed by atoms with Gasteiger partial charge in [0.05, 0.1) is 5.41 Å². The van der Waals surface area contributed by atoms with Crippen molar-refractivity contribution >= 4 is 28.5 Å². The van der Waals surface area contributed by atoms with Gasteiger partial charge in [-0.2, -0.15) is 0 Å². The highest BCUT2D eigenvalue weighted by molar-refractivity contribution is 6.31. The number of H-pyrrole nitrogens is 1. The third-order valence-electron chi connectivity index (χ3n) is 13.6. The Morgan fingerprint density at radius 1 is 0.977 bits per heavy atom. The second kappa shape index (κ2) is 8.84. The topological polar surface area (TPSA) is 93.5 Å². The molecule has 0 bridgehead atoms. The number of phenols is 2. The van der Waals surface area contributed by atoms with Gasteiger partial charge >= 0.3 is 5.97 Å². The molecule has 0 spiro atoms. The Balaban J connectivity index is 1.47. The predicted octanol–water partition coefficient (Wildman–Crippen LogP) is 9.37. The molecule has 43 heavy (non-hydrogen) atoms. The van der Waals surface area contributed by atoms with E-state index in [-0.39, 0.29) is 39.1 Å². The summed E-state index contributed by atoms with van der Waals surface area (Å²) in [7, 11) is 0. The molecule has 0 saturated heterocycles. The van der Waals surface area contributed by atoms with Crippen molar-refractivity contribution in [2.45, 2.75) is 97.8 Å². The van der Waals surface area contributed by atoms with E-state index in [1.165, 1.54) is 5.57 Å². The molecule has 4 aliphatic carbocycles. The van der Waals surface area contributed by atoms with Crippen LogP contribution in [0, 0.1) is 34.5 Å². The largest absolute Gasteiger partial charge is 0.504 e. The lowest BCUT2D eigenvalue weighted by molar-refractivity contribution is -0.177. The third-order valence-corrected chi connectivity index (χ3v) is 13.9. The summed E-state index contributed by atoms with van der Waals surface area (Å²) in [5, 5.41) is 34.0. The Bertz CT molecular complexity index is 1740. The summed E-state index contributed by atoms with van der Waals surface area (Å²) in [6, 6.07) is 7.73. The standard InChI is InChI=1S/C37H44ClNO4/c1-20-30-23(24-19-39-26-8-7-21(38)15-22(24)26)16-28-35(4,25(30)17-27(40)31(20)41)12-14-37(6)29-18-34(3,32(42)43)10-9-33(29,2)11-13-36(28,37)5/h7-8,15-17,19,23,29,39-41H,9-14,18H2,1-6H3,(H,42,43)/t23?,29-,33-,34-,35+,36-,37+/m1/s1. The first-order chi connectivity index (χ1) is 20.1. The minimum Gasteiger partial charge on any atom is -0.504 e. The van der Waals surface area contributed by atoms with E-state index >= 15 is 0 Å². The molecule has 3 fully saturated rings. The van der Waals surface area contributed by atoms with Crippen LogP contribution in [0.4, 0.5) is 0 Å². The van der Waals surface area contributed by atoms with Gasteiger partial charge in [-0.05, 0) is 127 Å². The molecule has 7 rings (SSSR count). The molecule has 6 heteroatoms. The summed E-state index contributed by atoms with van der Waals surface area (Å²) < 4.78 is 0. The van der Waals surface area contributed by atoms with E-state index in [2.05, 4.69) is 45.0 Å². The highest BCUT2D eigenvalue weighted by atomic mass is 35.5. The Hall–Kier alpha value is -2.92. The molecule has 4 N–H and O–H groups in total. The lowest BCUT2D eigenvalue weighted by Gasteiger charge is -2.70. The van der Waals surface area contributed by atoms with Crippen LogP contribution >= 0.6 is 11.6 Å². The van der Waals surface area contributed by atoms with Crippen molar-refractivity contribution in [3.63, 3.8) is 0 Å². The van der Waals surface area contributed by atoms with Crippen LogP contribution in [0.5, 0.6) is 11.5 Å². The monoisotopic (exact) mass is 601 g/mol. The molecule has 1 unspecified atom stereocenters. The summed E-state index contributed by atoms with van der Waals surface area (Å²) in [5.74, 6) is -0.641. The second-order valence-corrected chi connectivity index (χ2v) is 16.1. The predicted molar refractivity (Wildman–Crippen MR) is 171 cm³/mol. The number of carboxylic acid groups (broad SMARTS) is 1. The molecule has 5 nitrogen and oxygen atoms in total. The van der Waals surface area contributed by atoms with Crippen molar-refractivity contribution in [1.82, 2.24) is 4.98 Å². The maximum atomic E-state index is 12.5. The molecule has 0 aliphatic heterocycles. The molecular weight excluding hydrogens is 558 g/mol. The molecule has 4 aliphatic rings. The Morgan fingerprint density at radius 2 is 1.70 bits per heavy atom. The van der Waals surface area contributed by atoms with Crippen molar-refractivity contribution in [3.8, 4) is 11.5 Å². The van der Waals surface area contributed by atoms with Crippen LogP contribution in [-0.2, 0) is 10.2 Å². The molecule has 228 valence electrons. The van der Waals surface area contributed by atoms with Crippen LogP contribution in [0.15, 0.2) is 42.1 Å². The van der Waals surface area contributed by atoms with Gasteiger partial charge in [0.25, 0.3) is 0 Å². The number of hydrogen-bond donors (Lipinski definition) is 4. The number of carboxylic acids is 1. The van der Waals surface area contributed by atoms with Crippen molar-refractivity contribution < 1.29 is 20.1 Å². The fourth-order valence-electron chi connectivity index (χ4n) is 10.6. The minimum absolute atomic E-state index is 0.0578. The number of halogens is 1. The molecule has 1 aromatic heterocycles. The highest BCUT2D eigenvalue weighted by Crippen LogP contribution is 2.75. The average Bonchev–Trinajstić information content (AvgIpc) is 3.37. The normalized spacial score (nSPS) is 38.4. The van der Waals surface area contributed by atoms with Gasteiger partial charge in [-0.3, -0.25) is 4.79 Å². The van der Waals surface area contributed by atoms with E-state index < -0.39 is 11.4 Å². The van der Waals surface area contributed by atoms with Crippen LogP contribution in [0.25, 0.3) is 10.9 Å². The highest BCUT2D eigenvalue weighted by Gasteiger charge is 2.67. The maximum absolute atomic E-state index is 12.5. The van der Waals surface area contributed by atoms with Crippen LogP contribution in [0.3, 0.4) is 0 Å². The Kier molecular flexibility index (Phi) is 5.92. The first-order valence-corrected chi connectivity index (χ1v) is 16.2. The zero-order valence-corrected chi connectivity index (χ0v) is 27.0. The van der Waals surface area contributed by atoms with Crippen LogP contribution < -0.4 is 0 Å². The number of aliphatic carboxylic acids is 1. The number of aromatic nitrogens is 1. The number of phenolic OH excluding ortho intramolecular Hbond substituents is 2. The summed E-state index contributed by atoms with van der Waals surface area (Å²) in [5.41, 5.74) is 5.24. The van der Waals surface area contributed by atoms with Crippen LogP contribution in [0.1, 0.15) is 108 Å². The Morgan fingerprint density at radius 3 is 2.42 bits per heavy atom. The number of benzene rings is 2. The number of carbonyl (C=O) groups is 1. The molecule has 1 heterocycles. The lowest BCUT2D eigenvalue weighted by atomic mass is 9.34. The second-order valence-electron chi connectivity index (χ2n) is 15.7. The summed E-state index contributed by atoms with van der Waals surface area (Å²) in [4.78, 5) is 16.0. The zero-order valence-electron chi connectivity index (χ0n) is 26.2. The molecular formula is C37H44ClNO4. The number of hydrogen-bond acceptors (Lipinski definition) is 3. The number of aromatic hydroxyl groups is 2. The van der Waals surface area contributed by atoms with Gasteiger partial charge in [0.15, 0.2) is 11.5 Å². The van der Waals surface area contributed by atoms with Crippen molar-refractivity contribution in [1.29, 1.82) is 0 Å². The quantitative estimate of drug-likeness (QED) is 0.174. The van der Waals surface area contributed by atoms with Gasteiger partial charge in [-0.1, -0.05) is 50.9 Å². The number of fused-ring (bicyclic) bond motifs is 8. The number of nitrogens with one attached hydrogen (secondary N) is 1. The maximum Gasteiger partial charge on any atom is 0.309 e. The Labute approximate surface area is 259 Å². The van der Waals surface area contributed by atoms with E-state index in [1.807, 2.05) is 38.1 Å². The van der Waals surface area contributed by atoms with E-state index in [1.54, 1.807) is 0 Å². The third kappa shape index (κ3) is 3.61. The van der Waals surface area contributed by atoms with E-state index in [4.69, 9.17) is 11.6 Å². The van der Waals surface area contributed by atoms with Crippen LogP contribution in [0.2, 0.25) is 5.02 Å². The van der Waals surface area contributed by atoms with Gasteiger partial charge in [0.1, 0.15) is 0 Å². The van der Waals surface area contributed by atoms with E-state index in [0.29, 0.717) is 22.9 Å². The van der Waals surface area contributed by atoms with Gasteiger partial charge in [0, 0.05) is 33.5 Å². The van der Waals surface area contributed by atoms with Crippen molar-refractivity contribution in [2.24, 2.45) is 27.6 Å². The summed E-state index contributed by atoms with van der Waals surface area (Å²) >= 11 is 6.51. The van der Waals surface area contributed by atoms with E-state index in [9.17, 15) is 20.1 Å². The average molecular weight is 602 g/mol.